The summed E-state index contributed by atoms with van der Waals surface area (Å²) in [4.78, 5) is 10.8. The summed E-state index contributed by atoms with van der Waals surface area (Å²) in [7, 11) is 0. The van der Waals surface area contributed by atoms with Crippen molar-refractivity contribution in [2.75, 3.05) is 0 Å². The van der Waals surface area contributed by atoms with E-state index in [4.69, 9.17) is 5.11 Å². The minimum atomic E-state index is -0.821. The Labute approximate surface area is 165 Å². The molecule has 0 unspecified atom stereocenters. The Bertz CT molecular complexity index is 928. The van der Waals surface area contributed by atoms with E-state index >= 15 is 0 Å². The molecule has 0 aliphatic rings. The smallest absolute Gasteiger partial charge is 0.307 e. The molecule has 3 rings (SSSR count). The van der Waals surface area contributed by atoms with Gasteiger partial charge in [-0.2, -0.15) is 10.2 Å². The van der Waals surface area contributed by atoms with Crippen LogP contribution in [0.5, 0.6) is 0 Å². The molecule has 0 atom stereocenters. The van der Waals surface area contributed by atoms with E-state index in [9.17, 15) is 4.79 Å². The number of carboxylic acid groups (broad SMARTS) is 1. The number of hydrogen-bond acceptors (Lipinski definition) is 3. The van der Waals surface area contributed by atoms with Gasteiger partial charge in [-0.3, -0.25) is 4.79 Å². The lowest BCUT2D eigenvalue weighted by atomic mass is 10.0. The third kappa shape index (κ3) is 5.61. The molecule has 0 saturated heterocycles. The summed E-state index contributed by atoms with van der Waals surface area (Å²) in [5.41, 5.74) is 5.86. The number of benzene rings is 3. The van der Waals surface area contributed by atoms with Crippen LogP contribution in [-0.2, 0) is 17.6 Å². The first-order chi connectivity index (χ1) is 13.6. The largest absolute Gasteiger partial charge is 0.481 e. The van der Waals surface area contributed by atoms with Crippen molar-refractivity contribution in [3.8, 4) is 11.1 Å². The van der Waals surface area contributed by atoms with Crippen molar-refractivity contribution in [2.45, 2.75) is 32.6 Å². The van der Waals surface area contributed by atoms with Crippen LogP contribution in [0, 0.1) is 0 Å². The van der Waals surface area contributed by atoms with Crippen LogP contribution < -0.4 is 0 Å². The van der Waals surface area contributed by atoms with Gasteiger partial charge in [0.15, 0.2) is 0 Å². The summed E-state index contributed by atoms with van der Waals surface area (Å²) in [6.45, 7) is 2.20. The maximum atomic E-state index is 10.8. The van der Waals surface area contributed by atoms with Gasteiger partial charge in [0.05, 0.1) is 17.8 Å². The molecule has 3 aromatic carbocycles. The molecule has 28 heavy (non-hydrogen) atoms. The molecule has 4 nitrogen and oxygen atoms in total. The van der Waals surface area contributed by atoms with Gasteiger partial charge in [-0.1, -0.05) is 61.9 Å². The summed E-state index contributed by atoms with van der Waals surface area (Å²) >= 11 is 0. The zero-order valence-electron chi connectivity index (χ0n) is 16.0. The van der Waals surface area contributed by atoms with Crippen LogP contribution in [0.15, 0.2) is 83.0 Å². The summed E-state index contributed by atoms with van der Waals surface area (Å²) < 4.78 is 0. The van der Waals surface area contributed by atoms with Gasteiger partial charge >= 0.3 is 5.97 Å². The number of unbranched alkanes of at least 4 members (excludes halogenated alkanes) is 1. The third-order valence-electron chi connectivity index (χ3n) is 4.55. The van der Waals surface area contributed by atoms with E-state index in [1.165, 1.54) is 18.4 Å². The van der Waals surface area contributed by atoms with Gasteiger partial charge in [-0.05, 0) is 59.4 Å². The Kier molecular flexibility index (Phi) is 6.68. The quantitative estimate of drug-likeness (QED) is 0.445. The topological polar surface area (TPSA) is 62.0 Å². The van der Waals surface area contributed by atoms with Crippen molar-refractivity contribution in [3.05, 3.63) is 83.9 Å². The maximum absolute atomic E-state index is 10.8. The van der Waals surface area contributed by atoms with E-state index in [-0.39, 0.29) is 6.42 Å². The summed E-state index contributed by atoms with van der Waals surface area (Å²) in [6.07, 6.45) is 3.55. The normalized spacial score (nSPS) is 11.0. The molecule has 0 aliphatic heterocycles. The number of rotatable bonds is 8. The molecule has 0 bridgehead atoms. The van der Waals surface area contributed by atoms with Gasteiger partial charge in [0.25, 0.3) is 0 Å². The molecule has 0 radical (unpaired) electrons. The Balaban J connectivity index is 1.63. The Hall–Kier alpha value is -3.27. The van der Waals surface area contributed by atoms with E-state index in [1.54, 1.807) is 0 Å². The van der Waals surface area contributed by atoms with Crippen molar-refractivity contribution < 1.29 is 9.90 Å². The molecular weight excluding hydrogens is 348 g/mol. The average Bonchev–Trinajstić information content (AvgIpc) is 2.72. The second-order valence-electron chi connectivity index (χ2n) is 6.78. The zero-order valence-corrected chi connectivity index (χ0v) is 16.0. The second kappa shape index (κ2) is 9.60. The highest BCUT2D eigenvalue weighted by Crippen LogP contribution is 2.25. The molecule has 0 aliphatic carbocycles. The van der Waals surface area contributed by atoms with Crippen LogP contribution in [0.3, 0.4) is 0 Å². The molecule has 0 aromatic heterocycles. The lowest BCUT2D eigenvalue weighted by Gasteiger charge is -2.04. The van der Waals surface area contributed by atoms with Crippen molar-refractivity contribution in [3.63, 3.8) is 0 Å². The van der Waals surface area contributed by atoms with Gasteiger partial charge in [0.1, 0.15) is 0 Å². The van der Waals surface area contributed by atoms with E-state index in [0.717, 1.165) is 34.5 Å². The number of azo groups is 1. The van der Waals surface area contributed by atoms with Crippen LogP contribution in [-0.4, -0.2) is 11.1 Å². The number of hydrogen-bond donors (Lipinski definition) is 1. The summed E-state index contributed by atoms with van der Waals surface area (Å²) in [5, 5.41) is 17.5. The monoisotopic (exact) mass is 372 g/mol. The predicted octanol–water partition coefficient (Wildman–Crippen LogP) is 6.74. The summed E-state index contributed by atoms with van der Waals surface area (Å²) in [6, 6.07) is 23.7. The molecule has 0 saturated carbocycles. The molecule has 0 spiro atoms. The fraction of sp³-hybridized carbons (Fsp3) is 0.208. The number of carboxylic acids is 1. The first-order valence-electron chi connectivity index (χ1n) is 9.56. The van der Waals surface area contributed by atoms with Gasteiger partial charge in [-0.25, -0.2) is 0 Å². The lowest BCUT2D eigenvalue weighted by Crippen LogP contribution is -1.99. The van der Waals surface area contributed by atoms with Gasteiger partial charge in [0, 0.05) is 0 Å². The van der Waals surface area contributed by atoms with Crippen molar-refractivity contribution in [2.24, 2.45) is 10.2 Å². The van der Waals surface area contributed by atoms with E-state index in [0.29, 0.717) is 0 Å². The number of nitrogens with zero attached hydrogens (tertiary/aromatic N) is 2. The van der Waals surface area contributed by atoms with Gasteiger partial charge in [0.2, 0.25) is 0 Å². The summed E-state index contributed by atoms with van der Waals surface area (Å²) in [5.74, 6) is -0.821. The molecule has 0 heterocycles. The highest BCUT2D eigenvalue weighted by Gasteiger charge is 2.02. The van der Waals surface area contributed by atoms with E-state index in [2.05, 4.69) is 29.3 Å². The average molecular weight is 372 g/mol. The highest BCUT2D eigenvalue weighted by atomic mass is 16.4. The standard InChI is InChI=1S/C24H24N2O2/c1-2-3-4-18-7-13-22(14-8-18)25-26-23-15-11-21(12-16-23)20-9-5-19(6-10-20)17-24(27)28/h5-16H,2-4,17H2,1H3,(H,27,28)/b26-25+. The molecule has 0 amide bonds. The van der Waals surface area contributed by atoms with Crippen LogP contribution >= 0.6 is 0 Å². The fourth-order valence-corrected chi connectivity index (χ4v) is 2.94. The number of carbonyl (C=O) groups is 1. The number of aliphatic carboxylic acids is 1. The first-order valence-corrected chi connectivity index (χ1v) is 9.56. The van der Waals surface area contributed by atoms with Crippen molar-refractivity contribution in [1.82, 2.24) is 0 Å². The number of aryl methyl sites for hydroxylation is 1. The van der Waals surface area contributed by atoms with Crippen LogP contribution in [0.25, 0.3) is 11.1 Å². The zero-order chi connectivity index (χ0) is 19.8. The molecule has 3 aromatic rings. The Morgan fingerprint density at radius 3 is 1.71 bits per heavy atom. The lowest BCUT2D eigenvalue weighted by molar-refractivity contribution is -0.136. The van der Waals surface area contributed by atoms with E-state index < -0.39 is 5.97 Å². The molecule has 142 valence electrons. The highest BCUT2D eigenvalue weighted by molar-refractivity contribution is 5.71. The predicted molar refractivity (Wildman–Crippen MR) is 112 cm³/mol. The van der Waals surface area contributed by atoms with Gasteiger partial charge < -0.3 is 5.11 Å². The molecule has 0 fully saturated rings. The van der Waals surface area contributed by atoms with Crippen molar-refractivity contribution >= 4 is 17.3 Å². The minimum absolute atomic E-state index is 0.0409. The van der Waals surface area contributed by atoms with Crippen molar-refractivity contribution in [1.29, 1.82) is 0 Å². The second-order valence-corrected chi connectivity index (χ2v) is 6.78. The maximum Gasteiger partial charge on any atom is 0.307 e. The van der Waals surface area contributed by atoms with Crippen LogP contribution in [0.4, 0.5) is 11.4 Å². The Morgan fingerprint density at radius 1 is 0.750 bits per heavy atom. The van der Waals surface area contributed by atoms with Crippen LogP contribution in [0.2, 0.25) is 0 Å². The first kappa shape index (κ1) is 19.5. The fourth-order valence-electron chi connectivity index (χ4n) is 2.94. The molecule has 4 heteroatoms. The molecule has 1 N–H and O–H groups in total. The van der Waals surface area contributed by atoms with E-state index in [1.807, 2.05) is 60.7 Å². The molecular formula is C24H24N2O2. The minimum Gasteiger partial charge on any atom is -0.481 e. The van der Waals surface area contributed by atoms with Crippen LogP contribution in [0.1, 0.15) is 30.9 Å². The third-order valence-corrected chi connectivity index (χ3v) is 4.55. The Morgan fingerprint density at radius 2 is 1.21 bits per heavy atom. The van der Waals surface area contributed by atoms with Gasteiger partial charge in [-0.15, -0.1) is 0 Å². The SMILES string of the molecule is CCCCc1ccc(/N=N/c2ccc(-c3ccc(CC(=O)O)cc3)cc2)cc1.